The Morgan fingerprint density at radius 1 is 1.06 bits per heavy atom. The molecule has 4 aromatic rings. The van der Waals surface area contributed by atoms with Crippen LogP contribution in [0.25, 0.3) is 15.5 Å². The minimum Gasteiger partial charge on any atom is -0.258 e. The molecule has 2 heterocycles. The first-order chi connectivity index (χ1) is 14.5. The molecule has 0 radical (unpaired) electrons. The molecule has 0 unspecified atom stereocenters. The third-order valence-corrected chi connectivity index (χ3v) is 6.30. The van der Waals surface area contributed by atoms with E-state index in [0.29, 0.717) is 16.9 Å². The molecule has 0 bridgehead atoms. The van der Waals surface area contributed by atoms with E-state index < -0.39 is 27.8 Å². The average molecular weight is 512 g/mol. The first kappa shape index (κ1) is 21.4. The SMILES string of the molecule is CC(C)(c1ccc(Br)cc1)c1nnc2sc(-c3cc([N+](=O)[O-])cc(C(F)(F)F)c3)nn12. The maximum absolute atomic E-state index is 13.2. The largest absolute Gasteiger partial charge is 0.416 e. The zero-order valence-electron chi connectivity index (χ0n) is 16.0. The topological polar surface area (TPSA) is 86.2 Å². The summed E-state index contributed by atoms with van der Waals surface area (Å²) in [5.41, 5.74) is -1.45. The number of fused-ring (bicyclic) bond motifs is 1. The molecule has 0 aliphatic carbocycles. The standard InChI is InChI=1S/C19H13BrF3N5O2S/c1-18(2,11-3-5-13(20)6-4-11)16-24-25-17-27(16)26-15(31-17)10-7-12(19(21,22)23)9-14(8-10)28(29)30/h3-9H,1-2H3. The van der Waals surface area contributed by atoms with Crippen molar-refractivity contribution in [3.8, 4) is 10.6 Å². The van der Waals surface area contributed by atoms with Gasteiger partial charge in [-0.2, -0.15) is 22.8 Å². The normalized spacial score (nSPS) is 12.5. The van der Waals surface area contributed by atoms with Crippen molar-refractivity contribution in [2.75, 3.05) is 0 Å². The number of aromatic nitrogens is 4. The smallest absolute Gasteiger partial charge is 0.258 e. The number of halogens is 4. The van der Waals surface area contributed by atoms with Crippen molar-refractivity contribution >= 4 is 37.9 Å². The molecular formula is C19H13BrF3N5O2S. The van der Waals surface area contributed by atoms with Crippen molar-refractivity contribution in [3.05, 3.63) is 74.0 Å². The van der Waals surface area contributed by atoms with E-state index in [1.165, 1.54) is 4.52 Å². The van der Waals surface area contributed by atoms with Gasteiger partial charge in [0, 0.05) is 22.2 Å². The van der Waals surface area contributed by atoms with Crippen LogP contribution in [-0.4, -0.2) is 24.7 Å². The summed E-state index contributed by atoms with van der Waals surface area (Å²) in [5.74, 6) is 0.494. The molecule has 0 aliphatic heterocycles. The summed E-state index contributed by atoms with van der Waals surface area (Å²) >= 11 is 4.40. The highest BCUT2D eigenvalue weighted by Gasteiger charge is 2.34. The van der Waals surface area contributed by atoms with Crippen molar-refractivity contribution < 1.29 is 18.1 Å². The van der Waals surface area contributed by atoms with Crippen molar-refractivity contribution in [1.29, 1.82) is 0 Å². The highest BCUT2D eigenvalue weighted by molar-refractivity contribution is 9.10. The molecule has 12 heteroatoms. The first-order valence-corrected chi connectivity index (χ1v) is 10.4. The number of non-ortho nitro benzene ring substituents is 1. The number of alkyl halides is 3. The molecule has 0 N–H and O–H groups in total. The van der Waals surface area contributed by atoms with Crippen molar-refractivity contribution in [3.63, 3.8) is 0 Å². The van der Waals surface area contributed by atoms with E-state index in [1.807, 2.05) is 38.1 Å². The molecule has 2 aromatic heterocycles. The summed E-state index contributed by atoms with van der Waals surface area (Å²) in [6.07, 6.45) is -4.73. The molecule has 31 heavy (non-hydrogen) atoms. The minimum atomic E-state index is -4.73. The zero-order valence-corrected chi connectivity index (χ0v) is 18.4. The Bertz CT molecular complexity index is 1300. The zero-order chi connectivity index (χ0) is 22.6. The van der Waals surface area contributed by atoms with Gasteiger partial charge in [0.25, 0.3) is 5.69 Å². The molecular weight excluding hydrogens is 499 g/mol. The van der Waals surface area contributed by atoms with Gasteiger partial charge in [0.1, 0.15) is 5.01 Å². The van der Waals surface area contributed by atoms with E-state index >= 15 is 0 Å². The fourth-order valence-electron chi connectivity index (χ4n) is 3.12. The van der Waals surface area contributed by atoms with Crippen molar-refractivity contribution in [2.24, 2.45) is 0 Å². The van der Waals surface area contributed by atoms with Crippen molar-refractivity contribution in [2.45, 2.75) is 25.4 Å². The first-order valence-electron chi connectivity index (χ1n) is 8.82. The fraction of sp³-hybridized carbons (Fsp3) is 0.211. The maximum Gasteiger partial charge on any atom is 0.416 e. The van der Waals surface area contributed by atoms with E-state index in [2.05, 4.69) is 31.2 Å². The molecule has 4 rings (SSSR count). The molecule has 0 spiro atoms. The molecule has 2 aromatic carbocycles. The summed E-state index contributed by atoms with van der Waals surface area (Å²) in [4.78, 5) is 10.7. The van der Waals surface area contributed by atoms with Gasteiger partial charge in [0.15, 0.2) is 5.82 Å². The number of hydrogen-bond donors (Lipinski definition) is 0. The lowest BCUT2D eigenvalue weighted by Crippen LogP contribution is -2.22. The number of nitro benzene ring substituents is 1. The van der Waals surface area contributed by atoms with E-state index in [4.69, 9.17) is 0 Å². The Balaban J connectivity index is 1.84. The monoisotopic (exact) mass is 511 g/mol. The van der Waals surface area contributed by atoms with E-state index in [0.717, 1.165) is 33.5 Å². The number of nitrogens with zero attached hydrogens (tertiary/aromatic N) is 5. The third kappa shape index (κ3) is 3.92. The Kier molecular flexibility index (Phi) is 5.09. The van der Waals surface area contributed by atoms with Crippen LogP contribution in [0.5, 0.6) is 0 Å². The average Bonchev–Trinajstić information content (AvgIpc) is 3.28. The molecule has 0 amide bonds. The van der Waals surface area contributed by atoms with Gasteiger partial charge in [0.05, 0.1) is 15.9 Å². The van der Waals surface area contributed by atoms with Crippen LogP contribution < -0.4 is 0 Å². The number of benzene rings is 2. The van der Waals surface area contributed by atoms with Gasteiger partial charge in [-0.1, -0.05) is 39.4 Å². The number of rotatable bonds is 4. The van der Waals surface area contributed by atoms with Gasteiger partial charge in [0.2, 0.25) is 4.96 Å². The quantitative estimate of drug-likeness (QED) is 0.252. The third-order valence-electron chi connectivity index (χ3n) is 4.82. The molecule has 0 fully saturated rings. The van der Waals surface area contributed by atoms with E-state index in [1.54, 1.807) is 0 Å². The second-order valence-corrected chi connectivity index (χ2v) is 9.15. The van der Waals surface area contributed by atoms with Crippen molar-refractivity contribution in [1.82, 2.24) is 19.8 Å². The van der Waals surface area contributed by atoms with Gasteiger partial charge in [-0.3, -0.25) is 10.1 Å². The lowest BCUT2D eigenvalue weighted by atomic mass is 9.84. The van der Waals surface area contributed by atoms with Crippen LogP contribution in [-0.2, 0) is 11.6 Å². The molecule has 7 nitrogen and oxygen atoms in total. The highest BCUT2D eigenvalue weighted by Crippen LogP contribution is 2.38. The van der Waals surface area contributed by atoms with Crippen LogP contribution in [0.4, 0.5) is 18.9 Å². The lowest BCUT2D eigenvalue weighted by Gasteiger charge is -2.22. The molecule has 0 atom stereocenters. The van der Waals surface area contributed by atoms with Crippen LogP contribution in [0.3, 0.4) is 0 Å². The van der Waals surface area contributed by atoms with Crippen LogP contribution >= 0.6 is 27.3 Å². The highest BCUT2D eigenvalue weighted by atomic mass is 79.9. The second-order valence-electron chi connectivity index (χ2n) is 7.28. The fourth-order valence-corrected chi connectivity index (χ4v) is 4.21. The number of hydrogen-bond acceptors (Lipinski definition) is 6. The molecule has 0 saturated carbocycles. The van der Waals surface area contributed by atoms with Gasteiger partial charge in [-0.15, -0.1) is 10.2 Å². The molecule has 0 saturated heterocycles. The summed E-state index contributed by atoms with van der Waals surface area (Å²) in [7, 11) is 0. The Morgan fingerprint density at radius 2 is 1.74 bits per heavy atom. The lowest BCUT2D eigenvalue weighted by molar-refractivity contribution is -0.385. The predicted molar refractivity (Wildman–Crippen MR) is 112 cm³/mol. The summed E-state index contributed by atoms with van der Waals surface area (Å²) in [6, 6.07) is 10.1. The van der Waals surface area contributed by atoms with E-state index in [-0.39, 0.29) is 10.6 Å². The van der Waals surface area contributed by atoms with Crippen LogP contribution in [0.2, 0.25) is 0 Å². The summed E-state index contributed by atoms with van der Waals surface area (Å²) in [5, 5.41) is 24.0. The molecule has 0 aliphatic rings. The second kappa shape index (κ2) is 7.38. The van der Waals surface area contributed by atoms with E-state index in [9.17, 15) is 23.3 Å². The Labute approximate surface area is 185 Å². The Hall–Kier alpha value is -2.86. The predicted octanol–water partition coefficient (Wildman–Crippen LogP) is 5.87. The minimum absolute atomic E-state index is 0.00979. The summed E-state index contributed by atoms with van der Waals surface area (Å²) < 4.78 is 42.1. The van der Waals surface area contributed by atoms with Crippen LogP contribution in [0.15, 0.2) is 46.9 Å². The van der Waals surface area contributed by atoms with Gasteiger partial charge in [-0.05, 0) is 37.6 Å². The van der Waals surface area contributed by atoms with Crippen LogP contribution in [0, 0.1) is 10.1 Å². The molecule has 160 valence electrons. The maximum atomic E-state index is 13.2. The number of nitro groups is 1. The summed E-state index contributed by atoms with van der Waals surface area (Å²) in [6.45, 7) is 3.86. The van der Waals surface area contributed by atoms with Gasteiger partial charge >= 0.3 is 6.18 Å². The van der Waals surface area contributed by atoms with Gasteiger partial charge < -0.3 is 0 Å². The van der Waals surface area contributed by atoms with Crippen LogP contribution in [0.1, 0.15) is 30.8 Å². The Morgan fingerprint density at radius 3 is 2.35 bits per heavy atom. The van der Waals surface area contributed by atoms with Gasteiger partial charge in [-0.25, -0.2) is 0 Å².